The number of carbonyl (C=O) groups is 2. The topological polar surface area (TPSA) is 91.8 Å². The number of amides is 1. The molecule has 6 nitrogen and oxygen atoms in total. The second kappa shape index (κ2) is 5.48. The van der Waals surface area contributed by atoms with E-state index in [0.717, 1.165) is 12.8 Å². The number of carboxylic acids is 1. The molecule has 1 amide bonds. The van der Waals surface area contributed by atoms with Crippen molar-refractivity contribution in [3.05, 3.63) is 0 Å². The largest absolute Gasteiger partial charge is 0.480 e. The zero-order valence-electron chi connectivity index (χ0n) is 10.7. The van der Waals surface area contributed by atoms with Gasteiger partial charge >= 0.3 is 5.97 Å². The van der Waals surface area contributed by atoms with Gasteiger partial charge in [-0.05, 0) is 31.6 Å². The van der Waals surface area contributed by atoms with Gasteiger partial charge in [0.25, 0.3) is 0 Å². The third kappa shape index (κ3) is 3.46. The number of hydrogen-bond acceptors (Lipinski definition) is 4. The summed E-state index contributed by atoms with van der Waals surface area (Å²) < 4.78 is 22.7. The molecular weight excluding hydrogens is 270 g/mol. The van der Waals surface area contributed by atoms with Crippen molar-refractivity contribution in [3.63, 3.8) is 0 Å². The zero-order chi connectivity index (χ0) is 14.0. The Labute approximate surface area is 112 Å². The average Bonchev–Trinajstić information content (AvgIpc) is 2.68. The molecule has 2 aliphatic heterocycles. The van der Waals surface area contributed by atoms with Gasteiger partial charge in [-0.25, -0.2) is 13.2 Å². The van der Waals surface area contributed by atoms with Gasteiger partial charge in [-0.3, -0.25) is 4.79 Å². The number of nitrogens with zero attached hydrogens (tertiary/aromatic N) is 1. The first-order valence-corrected chi connectivity index (χ1v) is 8.44. The Morgan fingerprint density at radius 3 is 2.53 bits per heavy atom. The Kier molecular flexibility index (Phi) is 4.13. The maximum Gasteiger partial charge on any atom is 0.326 e. The van der Waals surface area contributed by atoms with Crippen LogP contribution < -0.4 is 0 Å². The number of carbonyl (C=O) groups excluding carboxylic acids is 1. The number of rotatable bonds is 3. The lowest BCUT2D eigenvalue weighted by molar-refractivity contribution is -0.152. The SMILES string of the molecule is O=C(O)[C@H]1CCCCN1C(=O)CC1CCS(=O)(=O)C1. The summed E-state index contributed by atoms with van der Waals surface area (Å²) in [5, 5.41) is 9.11. The van der Waals surface area contributed by atoms with Crippen LogP contribution in [0.3, 0.4) is 0 Å². The van der Waals surface area contributed by atoms with Gasteiger partial charge in [0.2, 0.25) is 5.91 Å². The highest BCUT2D eigenvalue weighted by atomic mass is 32.2. The molecule has 0 aromatic carbocycles. The van der Waals surface area contributed by atoms with E-state index in [-0.39, 0.29) is 29.8 Å². The van der Waals surface area contributed by atoms with Crippen molar-refractivity contribution in [2.24, 2.45) is 5.92 Å². The van der Waals surface area contributed by atoms with E-state index in [1.54, 1.807) is 0 Å². The monoisotopic (exact) mass is 289 g/mol. The van der Waals surface area contributed by atoms with E-state index in [9.17, 15) is 18.0 Å². The highest BCUT2D eigenvalue weighted by Gasteiger charge is 2.35. The fourth-order valence-corrected chi connectivity index (χ4v) is 4.75. The molecule has 0 aliphatic carbocycles. The molecule has 2 rings (SSSR count). The van der Waals surface area contributed by atoms with Gasteiger partial charge in [0.05, 0.1) is 11.5 Å². The first-order valence-electron chi connectivity index (χ1n) is 6.62. The molecule has 0 spiro atoms. The molecule has 0 aromatic rings. The van der Waals surface area contributed by atoms with Crippen molar-refractivity contribution >= 4 is 21.7 Å². The van der Waals surface area contributed by atoms with Gasteiger partial charge in [-0.2, -0.15) is 0 Å². The normalized spacial score (nSPS) is 30.2. The Hall–Kier alpha value is -1.11. The minimum atomic E-state index is -2.99. The molecule has 2 saturated heterocycles. The lowest BCUT2D eigenvalue weighted by Gasteiger charge is -2.33. The van der Waals surface area contributed by atoms with Crippen LogP contribution >= 0.6 is 0 Å². The smallest absolute Gasteiger partial charge is 0.326 e. The van der Waals surface area contributed by atoms with E-state index >= 15 is 0 Å². The lowest BCUT2D eigenvalue weighted by atomic mass is 9.99. The molecule has 1 N–H and O–H groups in total. The molecule has 1 unspecified atom stereocenters. The van der Waals surface area contributed by atoms with Gasteiger partial charge in [0.15, 0.2) is 9.84 Å². The van der Waals surface area contributed by atoms with Crippen LogP contribution in [0.1, 0.15) is 32.1 Å². The standard InChI is InChI=1S/C12H19NO5S/c14-11(7-9-4-6-19(17,18)8-9)13-5-2-1-3-10(13)12(15)16/h9-10H,1-8H2,(H,15,16)/t9?,10-/m1/s1. The molecule has 0 aromatic heterocycles. The number of sulfone groups is 1. The molecule has 108 valence electrons. The summed E-state index contributed by atoms with van der Waals surface area (Å²) in [5.74, 6) is -1.12. The number of hydrogen-bond donors (Lipinski definition) is 1. The van der Waals surface area contributed by atoms with Gasteiger partial charge in [0.1, 0.15) is 6.04 Å². The van der Waals surface area contributed by atoms with E-state index in [1.165, 1.54) is 4.90 Å². The van der Waals surface area contributed by atoms with Crippen LogP contribution in [-0.4, -0.2) is 54.4 Å². The summed E-state index contributed by atoms with van der Waals surface area (Å²) in [6.07, 6.45) is 2.80. The van der Waals surface area contributed by atoms with Gasteiger partial charge in [-0.15, -0.1) is 0 Å². The molecule has 7 heteroatoms. The second-order valence-corrected chi connectivity index (χ2v) is 7.64. The van der Waals surface area contributed by atoms with E-state index in [0.29, 0.717) is 19.4 Å². The summed E-state index contributed by atoms with van der Waals surface area (Å²) >= 11 is 0. The van der Waals surface area contributed by atoms with Crippen molar-refractivity contribution in [1.29, 1.82) is 0 Å². The summed E-state index contributed by atoms with van der Waals surface area (Å²) in [7, 11) is -2.99. The number of likely N-dealkylation sites (tertiary alicyclic amines) is 1. The van der Waals surface area contributed by atoms with Crippen LogP contribution in [-0.2, 0) is 19.4 Å². The van der Waals surface area contributed by atoms with Crippen molar-refractivity contribution in [3.8, 4) is 0 Å². The second-order valence-electron chi connectivity index (χ2n) is 5.41. The molecule has 2 aliphatic rings. The zero-order valence-corrected chi connectivity index (χ0v) is 11.6. The average molecular weight is 289 g/mol. The van der Waals surface area contributed by atoms with Crippen LogP contribution in [0.5, 0.6) is 0 Å². The Balaban J connectivity index is 1.97. The number of piperidine rings is 1. The highest BCUT2D eigenvalue weighted by Crippen LogP contribution is 2.25. The third-order valence-electron chi connectivity index (χ3n) is 3.90. The maximum absolute atomic E-state index is 12.1. The van der Waals surface area contributed by atoms with Crippen LogP contribution in [0.4, 0.5) is 0 Å². The van der Waals surface area contributed by atoms with Crippen LogP contribution in [0.25, 0.3) is 0 Å². The Bertz CT molecular complexity index is 473. The van der Waals surface area contributed by atoms with Crippen molar-refractivity contribution in [2.75, 3.05) is 18.1 Å². The van der Waals surface area contributed by atoms with Gasteiger partial charge < -0.3 is 10.0 Å². The Morgan fingerprint density at radius 1 is 1.21 bits per heavy atom. The highest BCUT2D eigenvalue weighted by molar-refractivity contribution is 7.91. The molecule has 2 fully saturated rings. The van der Waals surface area contributed by atoms with E-state index < -0.39 is 21.8 Å². The predicted octanol–water partition coefficient (Wildman–Crippen LogP) is 0.277. The summed E-state index contributed by atoms with van der Waals surface area (Å²) in [5.41, 5.74) is 0. The summed E-state index contributed by atoms with van der Waals surface area (Å²) in [6, 6.07) is -0.737. The minimum Gasteiger partial charge on any atom is -0.480 e. The van der Waals surface area contributed by atoms with Gasteiger partial charge in [0, 0.05) is 13.0 Å². The van der Waals surface area contributed by atoms with E-state index in [2.05, 4.69) is 0 Å². The summed E-state index contributed by atoms with van der Waals surface area (Å²) in [6.45, 7) is 0.468. The first-order chi connectivity index (χ1) is 8.89. The predicted molar refractivity (Wildman–Crippen MR) is 68.4 cm³/mol. The Morgan fingerprint density at radius 2 is 1.95 bits per heavy atom. The number of aliphatic carboxylic acids is 1. The van der Waals surface area contributed by atoms with E-state index in [4.69, 9.17) is 5.11 Å². The molecule has 0 radical (unpaired) electrons. The van der Waals surface area contributed by atoms with Crippen LogP contribution in [0.15, 0.2) is 0 Å². The molecule has 19 heavy (non-hydrogen) atoms. The third-order valence-corrected chi connectivity index (χ3v) is 5.74. The maximum atomic E-state index is 12.1. The van der Waals surface area contributed by atoms with Crippen molar-refractivity contribution in [1.82, 2.24) is 4.90 Å². The molecular formula is C12H19NO5S. The van der Waals surface area contributed by atoms with E-state index in [1.807, 2.05) is 0 Å². The van der Waals surface area contributed by atoms with Crippen LogP contribution in [0.2, 0.25) is 0 Å². The lowest BCUT2D eigenvalue weighted by Crippen LogP contribution is -2.48. The van der Waals surface area contributed by atoms with Crippen molar-refractivity contribution in [2.45, 2.75) is 38.1 Å². The van der Waals surface area contributed by atoms with Gasteiger partial charge in [-0.1, -0.05) is 0 Å². The number of carboxylic acid groups (broad SMARTS) is 1. The van der Waals surface area contributed by atoms with Crippen molar-refractivity contribution < 1.29 is 23.1 Å². The minimum absolute atomic E-state index is 0.0598. The summed E-state index contributed by atoms with van der Waals surface area (Å²) in [4.78, 5) is 24.7. The molecule has 2 atom stereocenters. The first kappa shape index (κ1) is 14.3. The molecule has 0 bridgehead atoms. The fraction of sp³-hybridized carbons (Fsp3) is 0.833. The van der Waals surface area contributed by atoms with Crippen LogP contribution in [0, 0.1) is 5.92 Å². The quantitative estimate of drug-likeness (QED) is 0.805. The fourth-order valence-electron chi connectivity index (χ4n) is 2.88. The molecule has 2 heterocycles. The molecule has 0 saturated carbocycles.